The summed E-state index contributed by atoms with van der Waals surface area (Å²) in [5.41, 5.74) is 1.34. The van der Waals surface area contributed by atoms with E-state index in [1.165, 1.54) is 18.3 Å². The molecule has 0 aliphatic carbocycles. The van der Waals surface area contributed by atoms with Gasteiger partial charge in [0.15, 0.2) is 0 Å². The van der Waals surface area contributed by atoms with E-state index < -0.39 is 17.8 Å². The Morgan fingerprint density at radius 2 is 1.80 bits per heavy atom. The Bertz CT molecular complexity index is 1510. The van der Waals surface area contributed by atoms with Crippen LogP contribution in [0.2, 0.25) is 0 Å². The van der Waals surface area contributed by atoms with Crippen LogP contribution in [0.15, 0.2) is 48.8 Å². The van der Waals surface area contributed by atoms with Gasteiger partial charge in [-0.15, -0.1) is 0 Å². The Balaban J connectivity index is 1.24. The fraction of sp³-hybridized carbons (Fsp3) is 0.286. The van der Waals surface area contributed by atoms with E-state index in [9.17, 15) is 22.8 Å². The van der Waals surface area contributed by atoms with Crippen molar-refractivity contribution in [3.63, 3.8) is 0 Å². The molecule has 3 N–H and O–H groups in total. The number of carbonyl (C=O) groups excluding carboxylic acids is 2. The smallest absolute Gasteiger partial charge is 0.310 e. The van der Waals surface area contributed by atoms with Crippen molar-refractivity contribution in [3.8, 4) is 11.8 Å². The number of anilines is 3. The molecule has 1 saturated heterocycles. The molecular weight excluding hydrogens is 523 g/mol. The number of fused-ring (bicyclic) bond motifs is 1. The summed E-state index contributed by atoms with van der Waals surface area (Å²) in [7, 11) is 1.99. The number of piperazine rings is 1. The predicted molar refractivity (Wildman–Crippen MR) is 144 cm³/mol. The topological polar surface area (TPSA) is 102 Å². The summed E-state index contributed by atoms with van der Waals surface area (Å²) >= 11 is 0. The molecule has 1 fully saturated rings. The zero-order valence-electron chi connectivity index (χ0n) is 21.6. The van der Waals surface area contributed by atoms with Crippen molar-refractivity contribution in [1.29, 1.82) is 0 Å². The van der Waals surface area contributed by atoms with Crippen LogP contribution in [0.25, 0.3) is 0 Å². The highest BCUT2D eigenvalue weighted by Gasteiger charge is 2.34. The number of likely N-dealkylation sites (N-methyl/N-ethyl adjacent to an activating group) is 1. The first-order valence-electron chi connectivity index (χ1n) is 12.6. The Labute approximate surface area is 228 Å². The van der Waals surface area contributed by atoms with Crippen molar-refractivity contribution in [2.75, 3.05) is 49.2 Å². The largest absolute Gasteiger partial charge is 0.416 e. The number of benzene rings is 1. The quantitative estimate of drug-likeness (QED) is 0.428. The maximum absolute atomic E-state index is 13.9. The molecule has 3 aromatic rings. The van der Waals surface area contributed by atoms with Gasteiger partial charge in [0, 0.05) is 67.5 Å². The normalized spacial score (nSPS) is 15.6. The van der Waals surface area contributed by atoms with Crippen molar-refractivity contribution < 1.29 is 22.8 Å². The minimum absolute atomic E-state index is 0.0139. The highest BCUT2D eigenvalue weighted by molar-refractivity contribution is 5.99. The van der Waals surface area contributed by atoms with E-state index in [1.54, 1.807) is 24.4 Å². The number of hydrogen-bond acceptors (Lipinski definition) is 6. The van der Waals surface area contributed by atoms with Gasteiger partial charge in [-0.25, -0.2) is 14.8 Å². The molecule has 4 heterocycles. The van der Waals surface area contributed by atoms with Gasteiger partial charge in [-0.3, -0.25) is 15.0 Å². The van der Waals surface area contributed by atoms with Gasteiger partial charge in [0.05, 0.1) is 12.0 Å². The van der Waals surface area contributed by atoms with Crippen LogP contribution in [-0.4, -0.2) is 64.9 Å². The standard InChI is InChI=1S/C28H26F3N7O2/c1-37-8-10-38(11-9-37)17-20-4-5-22(15-23(20)28(29,30)31)34-27(40)35-24-13-18(6-7-32-24)2-3-19-12-21-14-25(39)36-26(21)33-16-19/h4-7,12-13,15-16H,8-11,14,17H2,1H3,(H,33,36,39)(H2,32,34,35,40). The van der Waals surface area contributed by atoms with Crippen LogP contribution in [0.1, 0.15) is 27.8 Å². The number of halogens is 3. The highest BCUT2D eigenvalue weighted by atomic mass is 19.4. The molecule has 12 heteroatoms. The molecular formula is C28H26F3N7O2. The lowest BCUT2D eigenvalue weighted by Crippen LogP contribution is -2.44. The van der Waals surface area contributed by atoms with Crippen molar-refractivity contribution >= 4 is 29.3 Å². The molecule has 0 atom stereocenters. The maximum atomic E-state index is 13.9. The number of pyridine rings is 2. The molecule has 2 aliphatic heterocycles. The first-order chi connectivity index (χ1) is 19.1. The monoisotopic (exact) mass is 549 g/mol. The molecule has 2 aliphatic rings. The number of nitrogens with zero attached hydrogens (tertiary/aromatic N) is 4. The molecule has 0 unspecified atom stereocenters. The van der Waals surface area contributed by atoms with Gasteiger partial charge in [0.1, 0.15) is 11.6 Å². The molecule has 206 valence electrons. The molecule has 3 amide bonds. The number of amides is 3. The summed E-state index contributed by atoms with van der Waals surface area (Å²) in [5.74, 6) is 6.50. The molecule has 40 heavy (non-hydrogen) atoms. The van der Waals surface area contributed by atoms with Crippen LogP contribution >= 0.6 is 0 Å². The number of alkyl halides is 3. The van der Waals surface area contributed by atoms with Crippen molar-refractivity contribution in [2.45, 2.75) is 19.1 Å². The van der Waals surface area contributed by atoms with Gasteiger partial charge in [0.25, 0.3) is 0 Å². The lowest BCUT2D eigenvalue weighted by atomic mass is 10.0. The fourth-order valence-corrected chi connectivity index (χ4v) is 4.48. The van der Waals surface area contributed by atoms with Gasteiger partial charge in [0.2, 0.25) is 5.91 Å². The van der Waals surface area contributed by atoms with Crippen LogP contribution in [-0.2, 0) is 23.9 Å². The molecule has 5 rings (SSSR count). The molecule has 0 saturated carbocycles. The minimum Gasteiger partial charge on any atom is -0.310 e. The molecule has 0 radical (unpaired) electrons. The minimum atomic E-state index is -4.56. The van der Waals surface area contributed by atoms with Gasteiger partial charge in [-0.1, -0.05) is 17.9 Å². The van der Waals surface area contributed by atoms with Gasteiger partial charge < -0.3 is 15.5 Å². The third-order valence-electron chi connectivity index (χ3n) is 6.59. The third-order valence-corrected chi connectivity index (χ3v) is 6.59. The van der Waals surface area contributed by atoms with Crippen molar-refractivity contribution in [2.24, 2.45) is 0 Å². The van der Waals surface area contributed by atoms with Crippen LogP contribution in [0.4, 0.5) is 35.3 Å². The first-order valence-corrected chi connectivity index (χ1v) is 12.6. The number of hydrogen-bond donors (Lipinski definition) is 3. The van der Waals surface area contributed by atoms with Crippen LogP contribution in [0.5, 0.6) is 0 Å². The average molecular weight is 550 g/mol. The maximum Gasteiger partial charge on any atom is 0.416 e. The number of nitrogens with one attached hydrogen (secondary N) is 3. The average Bonchev–Trinajstić information content (AvgIpc) is 3.28. The van der Waals surface area contributed by atoms with Crippen molar-refractivity contribution in [3.05, 3.63) is 76.6 Å². The molecule has 9 nitrogen and oxygen atoms in total. The SMILES string of the molecule is CN1CCN(Cc2ccc(NC(=O)Nc3cc(C#Cc4cnc5c(c4)CC(=O)N5)ccn3)cc2C(F)(F)F)CC1. The van der Waals surface area contributed by atoms with E-state index in [4.69, 9.17) is 0 Å². The molecule has 0 spiro atoms. The highest BCUT2D eigenvalue weighted by Crippen LogP contribution is 2.34. The van der Waals surface area contributed by atoms with Gasteiger partial charge in [-0.2, -0.15) is 13.2 Å². The lowest BCUT2D eigenvalue weighted by molar-refractivity contribution is -0.138. The number of aromatic nitrogens is 2. The zero-order valence-corrected chi connectivity index (χ0v) is 21.6. The summed E-state index contributed by atoms with van der Waals surface area (Å²) < 4.78 is 41.6. The Morgan fingerprint density at radius 3 is 2.58 bits per heavy atom. The summed E-state index contributed by atoms with van der Waals surface area (Å²) in [4.78, 5) is 36.5. The Kier molecular flexibility index (Phi) is 7.68. The number of rotatable bonds is 4. The molecule has 1 aromatic carbocycles. The Morgan fingerprint density at radius 1 is 1.02 bits per heavy atom. The third kappa shape index (κ3) is 6.74. The Hall–Kier alpha value is -4.47. The van der Waals surface area contributed by atoms with E-state index in [1.807, 2.05) is 11.9 Å². The van der Waals surface area contributed by atoms with E-state index in [2.05, 4.69) is 42.7 Å². The van der Waals surface area contributed by atoms with Crippen molar-refractivity contribution in [1.82, 2.24) is 19.8 Å². The summed E-state index contributed by atoms with van der Waals surface area (Å²) in [6.07, 6.45) is -1.31. The van der Waals surface area contributed by atoms with E-state index in [-0.39, 0.29) is 35.9 Å². The van der Waals surface area contributed by atoms with Gasteiger partial charge >= 0.3 is 12.2 Å². The second-order valence-corrected chi connectivity index (χ2v) is 9.66. The first kappa shape index (κ1) is 27.1. The second kappa shape index (κ2) is 11.3. The lowest BCUT2D eigenvalue weighted by Gasteiger charge is -2.33. The van der Waals surface area contributed by atoms with Crippen LogP contribution in [0.3, 0.4) is 0 Å². The molecule has 0 bridgehead atoms. The van der Waals surface area contributed by atoms with E-state index >= 15 is 0 Å². The summed E-state index contributed by atoms with van der Waals surface area (Å²) in [5, 5.41) is 7.65. The predicted octanol–water partition coefficient (Wildman–Crippen LogP) is 3.78. The summed E-state index contributed by atoms with van der Waals surface area (Å²) in [6.45, 7) is 3.16. The molecule has 2 aromatic heterocycles. The van der Waals surface area contributed by atoms with Crippen LogP contribution in [0, 0.1) is 11.8 Å². The number of urea groups is 1. The number of carbonyl (C=O) groups is 2. The van der Waals surface area contributed by atoms with E-state index in [0.717, 1.165) is 24.7 Å². The summed E-state index contributed by atoms with van der Waals surface area (Å²) in [6, 6.07) is 8.06. The van der Waals surface area contributed by atoms with Gasteiger partial charge in [-0.05, 0) is 42.9 Å². The van der Waals surface area contributed by atoms with Crippen LogP contribution < -0.4 is 16.0 Å². The zero-order chi connectivity index (χ0) is 28.3. The second-order valence-electron chi connectivity index (χ2n) is 9.66. The van der Waals surface area contributed by atoms with E-state index in [0.29, 0.717) is 30.0 Å². The fourth-order valence-electron chi connectivity index (χ4n) is 4.48.